The van der Waals surface area contributed by atoms with E-state index in [1.165, 1.54) is 6.08 Å². The average Bonchev–Trinajstić information content (AvgIpc) is 2.71. The van der Waals surface area contributed by atoms with Gasteiger partial charge < -0.3 is 14.4 Å². The molecule has 0 saturated carbocycles. The SMILES string of the molecule is CCN(C(=O)COC(=O)/C=C\c1ccc(OCC#N)cc1)c1ccccc1. The van der Waals surface area contributed by atoms with Gasteiger partial charge in [0.1, 0.15) is 11.8 Å². The zero-order valence-corrected chi connectivity index (χ0v) is 15.0. The van der Waals surface area contributed by atoms with Crippen molar-refractivity contribution in [1.82, 2.24) is 0 Å². The summed E-state index contributed by atoms with van der Waals surface area (Å²) < 4.78 is 10.2. The predicted molar refractivity (Wildman–Crippen MR) is 102 cm³/mol. The van der Waals surface area contributed by atoms with E-state index in [4.69, 9.17) is 14.7 Å². The molecule has 0 aromatic heterocycles. The van der Waals surface area contributed by atoms with Gasteiger partial charge in [-0.25, -0.2) is 4.79 Å². The second kappa shape index (κ2) is 10.4. The Kier molecular flexibility index (Phi) is 7.61. The number of hydrogen-bond donors (Lipinski definition) is 0. The maximum atomic E-state index is 12.3. The number of esters is 1. The van der Waals surface area contributed by atoms with Crippen LogP contribution in [0.1, 0.15) is 12.5 Å². The fraction of sp³-hybridized carbons (Fsp3) is 0.190. The number of amides is 1. The molecule has 0 radical (unpaired) electrons. The summed E-state index contributed by atoms with van der Waals surface area (Å²) in [6, 6.07) is 18.0. The Morgan fingerprint density at radius 3 is 2.44 bits per heavy atom. The highest BCUT2D eigenvalue weighted by Gasteiger charge is 2.15. The molecule has 0 fully saturated rings. The number of ether oxygens (including phenoxy) is 2. The highest BCUT2D eigenvalue weighted by atomic mass is 16.5. The van der Waals surface area contributed by atoms with Gasteiger partial charge >= 0.3 is 5.97 Å². The lowest BCUT2D eigenvalue weighted by molar-refractivity contribution is -0.142. The Bertz CT molecular complexity index is 824. The van der Waals surface area contributed by atoms with Crippen LogP contribution in [0.25, 0.3) is 6.08 Å². The van der Waals surface area contributed by atoms with Crippen molar-refractivity contribution in [3.05, 3.63) is 66.2 Å². The second-order valence-electron chi connectivity index (χ2n) is 5.43. The number of nitriles is 1. The minimum Gasteiger partial charge on any atom is -0.479 e. The first-order valence-electron chi connectivity index (χ1n) is 8.44. The van der Waals surface area contributed by atoms with Gasteiger partial charge in [0.15, 0.2) is 13.2 Å². The van der Waals surface area contributed by atoms with E-state index in [0.717, 1.165) is 11.3 Å². The molecule has 0 atom stereocenters. The third-order valence-electron chi connectivity index (χ3n) is 3.62. The van der Waals surface area contributed by atoms with Crippen molar-refractivity contribution in [2.75, 3.05) is 24.7 Å². The number of hydrogen-bond acceptors (Lipinski definition) is 5. The van der Waals surface area contributed by atoms with E-state index in [9.17, 15) is 9.59 Å². The second-order valence-corrected chi connectivity index (χ2v) is 5.43. The number of carbonyl (C=O) groups excluding carboxylic acids is 2. The van der Waals surface area contributed by atoms with Gasteiger partial charge in [-0.2, -0.15) is 5.26 Å². The summed E-state index contributed by atoms with van der Waals surface area (Å²) in [6.07, 6.45) is 2.84. The largest absolute Gasteiger partial charge is 0.479 e. The van der Waals surface area contributed by atoms with Crippen LogP contribution in [0.4, 0.5) is 5.69 Å². The molecular formula is C21H20N2O4. The quantitative estimate of drug-likeness (QED) is 0.531. The fourth-order valence-corrected chi connectivity index (χ4v) is 2.32. The van der Waals surface area contributed by atoms with Crippen LogP contribution in [0.2, 0.25) is 0 Å². The number of anilines is 1. The van der Waals surface area contributed by atoms with Crippen LogP contribution in [-0.2, 0) is 14.3 Å². The first kappa shape index (κ1) is 19.7. The molecule has 0 N–H and O–H groups in total. The van der Waals surface area contributed by atoms with Gasteiger partial charge in [-0.3, -0.25) is 4.79 Å². The highest BCUT2D eigenvalue weighted by molar-refractivity contribution is 5.96. The van der Waals surface area contributed by atoms with Crippen molar-refractivity contribution in [2.45, 2.75) is 6.92 Å². The lowest BCUT2D eigenvalue weighted by Crippen LogP contribution is -2.34. The van der Waals surface area contributed by atoms with E-state index in [1.54, 1.807) is 35.2 Å². The summed E-state index contributed by atoms with van der Waals surface area (Å²) >= 11 is 0. The minimum absolute atomic E-state index is 0.0205. The number of para-hydroxylation sites is 1. The molecule has 0 unspecified atom stereocenters. The van der Waals surface area contributed by atoms with Crippen molar-refractivity contribution in [3.8, 4) is 11.8 Å². The molecule has 2 aromatic carbocycles. The molecule has 0 heterocycles. The highest BCUT2D eigenvalue weighted by Crippen LogP contribution is 2.14. The van der Waals surface area contributed by atoms with Crippen molar-refractivity contribution in [2.24, 2.45) is 0 Å². The van der Waals surface area contributed by atoms with Crippen LogP contribution in [-0.4, -0.2) is 31.6 Å². The van der Waals surface area contributed by atoms with E-state index < -0.39 is 5.97 Å². The summed E-state index contributed by atoms with van der Waals surface area (Å²) in [4.78, 5) is 25.7. The third-order valence-corrected chi connectivity index (χ3v) is 3.62. The summed E-state index contributed by atoms with van der Waals surface area (Å²) in [5.41, 5.74) is 1.53. The van der Waals surface area contributed by atoms with Crippen molar-refractivity contribution >= 4 is 23.6 Å². The summed E-state index contributed by atoms with van der Waals surface area (Å²) in [5, 5.41) is 8.47. The minimum atomic E-state index is -0.600. The van der Waals surface area contributed by atoms with Crippen LogP contribution in [0.5, 0.6) is 5.75 Å². The molecule has 0 spiro atoms. The van der Waals surface area contributed by atoms with Gasteiger partial charge in [0.25, 0.3) is 5.91 Å². The monoisotopic (exact) mass is 364 g/mol. The molecular weight excluding hydrogens is 344 g/mol. The average molecular weight is 364 g/mol. The Morgan fingerprint density at radius 2 is 1.81 bits per heavy atom. The molecule has 2 aromatic rings. The lowest BCUT2D eigenvalue weighted by Gasteiger charge is -2.20. The van der Waals surface area contributed by atoms with Crippen LogP contribution in [0, 0.1) is 11.3 Å². The predicted octanol–water partition coefficient (Wildman–Crippen LogP) is 3.20. The van der Waals surface area contributed by atoms with Crippen molar-refractivity contribution < 1.29 is 19.1 Å². The molecule has 0 aliphatic heterocycles. The molecule has 2 rings (SSSR count). The summed E-state index contributed by atoms with van der Waals surface area (Å²) in [6.45, 7) is 1.99. The van der Waals surface area contributed by atoms with Gasteiger partial charge in [-0.1, -0.05) is 30.3 Å². The molecule has 6 heteroatoms. The van der Waals surface area contributed by atoms with Gasteiger partial charge in [0.05, 0.1) is 0 Å². The fourth-order valence-electron chi connectivity index (χ4n) is 2.32. The number of benzene rings is 2. The molecule has 138 valence electrons. The zero-order valence-electron chi connectivity index (χ0n) is 15.0. The number of nitrogens with zero attached hydrogens (tertiary/aromatic N) is 2. The third kappa shape index (κ3) is 6.33. The Labute approximate surface area is 158 Å². The van der Waals surface area contributed by atoms with Crippen molar-refractivity contribution in [1.29, 1.82) is 5.26 Å². The molecule has 0 saturated heterocycles. The van der Waals surface area contributed by atoms with E-state index in [-0.39, 0.29) is 19.1 Å². The van der Waals surface area contributed by atoms with Crippen LogP contribution >= 0.6 is 0 Å². The summed E-state index contributed by atoms with van der Waals surface area (Å²) in [7, 11) is 0. The van der Waals surface area contributed by atoms with Gasteiger partial charge in [-0.05, 0) is 42.8 Å². The van der Waals surface area contributed by atoms with Crippen LogP contribution < -0.4 is 9.64 Å². The molecule has 6 nitrogen and oxygen atoms in total. The Morgan fingerprint density at radius 1 is 1.11 bits per heavy atom. The molecule has 0 bridgehead atoms. The van der Waals surface area contributed by atoms with Crippen molar-refractivity contribution in [3.63, 3.8) is 0 Å². The molecule has 1 amide bonds. The maximum Gasteiger partial charge on any atom is 0.331 e. The Balaban J connectivity index is 1.85. The smallest absolute Gasteiger partial charge is 0.331 e. The van der Waals surface area contributed by atoms with E-state index in [2.05, 4.69) is 0 Å². The van der Waals surface area contributed by atoms with Crippen LogP contribution in [0.15, 0.2) is 60.7 Å². The zero-order chi connectivity index (χ0) is 19.5. The standard InChI is InChI=1S/C21H20N2O4/c1-2-23(18-6-4-3-5-7-18)20(24)16-27-21(25)13-10-17-8-11-19(12-9-17)26-15-14-22/h3-13H,2,15-16H2,1H3/b13-10-. The van der Waals surface area contributed by atoms with Gasteiger partial charge in [0.2, 0.25) is 0 Å². The molecule has 0 aliphatic carbocycles. The first-order chi connectivity index (χ1) is 13.1. The lowest BCUT2D eigenvalue weighted by atomic mass is 10.2. The molecule has 0 aliphatic rings. The first-order valence-corrected chi connectivity index (χ1v) is 8.44. The van der Waals surface area contributed by atoms with Gasteiger partial charge in [-0.15, -0.1) is 0 Å². The van der Waals surface area contributed by atoms with E-state index >= 15 is 0 Å². The Hall–Kier alpha value is -3.59. The van der Waals surface area contributed by atoms with Crippen LogP contribution in [0.3, 0.4) is 0 Å². The molecule has 27 heavy (non-hydrogen) atoms. The van der Waals surface area contributed by atoms with E-state index in [1.807, 2.05) is 43.3 Å². The van der Waals surface area contributed by atoms with E-state index in [0.29, 0.717) is 12.3 Å². The number of likely N-dealkylation sites (N-methyl/N-ethyl adjacent to an activating group) is 1. The normalized spacial score (nSPS) is 10.2. The summed E-state index contributed by atoms with van der Waals surface area (Å²) in [5.74, 6) is -0.316. The topological polar surface area (TPSA) is 79.6 Å². The number of rotatable bonds is 8. The number of carbonyl (C=O) groups is 2. The van der Waals surface area contributed by atoms with Gasteiger partial charge in [0, 0.05) is 18.3 Å². The maximum absolute atomic E-state index is 12.3.